The molecule has 0 radical (unpaired) electrons. The number of rotatable bonds is 1. The first-order valence-electron chi connectivity index (χ1n) is 6.13. The van der Waals surface area contributed by atoms with Crippen molar-refractivity contribution >= 4 is 11.8 Å². The molecular weight excluding hydrogens is 216 g/mol. The maximum Gasteiger partial charge on any atom is 0.0447 e. The van der Waals surface area contributed by atoms with E-state index in [1.54, 1.807) is 5.56 Å². The minimum atomic E-state index is 0.506. The molecular formula is C13H18N2S. The molecule has 86 valence electrons. The van der Waals surface area contributed by atoms with Gasteiger partial charge in [0.2, 0.25) is 0 Å². The van der Waals surface area contributed by atoms with Crippen LogP contribution >= 0.6 is 11.8 Å². The molecule has 3 heteroatoms. The molecule has 0 aliphatic carbocycles. The van der Waals surface area contributed by atoms with Gasteiger partial charge in [-0.1, -0.05) is 12.1 Å². The molecule has 2 aliphatic heterocycles. The lowest BCUT2D eigenvalue weighted by Gasteiger charge is -2.26. The second-order valence-electron chi connectivity index (χ2n) is 4.53. The van der Waals surface area contributed by atoms with Crippen LogP contribution in [-0.2, 0) is 6.42 Å². The molecule has 2 heterocycles. The zero-order valence-corrected chi connectivity index (χ0v) is 10.3. The van der Waals surface area contributed by atoms with Crippen molar-refractivity contribution in [2.45, 2.75) is 23.8 Å². The Balaban J connectivity index is 1.84. The second kappa shape index (κ2) is 4.78. The van der Waals surface area contributed by atoms with Crippen molar-refractivity contribution in [1.82, 2.24) is 10.6 Å². The van der Waals surface area contributed by atoms with E-state index >= 15 is 0 Å². The lowest BCUT2D eigenvalue weighted by molar-refractivity contribution is 0.430. The SMILES string of the molecule is c1cc2c(cc1C1CNCCN1)CCCS2. The van der Waals surface area contributed by atoms with Crippen molar-refractivity contribution in [2.75, 3.05) is 25.4 Å². The van der Waals surface area contributed by atoms with Gasteiger partial charge in [-0.05, 0) is 35.8 Å². The van der Waals surface area contributed by atoms with E-state index in [-0.39, 0.29) is 0 Å². The fourth-order valence-electron chi connectivity index (χ4n) is 2.49. The van der Waals surface area contributed by atoms with Crippen molar-refractivity contribution in [2.24, 2.45) is 0 Å². The summed E-state index contributed by atoms with van der Waals surface area (Å²) in [6.45, 7) is 3.24. The van der Waals surface area contributed by atoms with Crippen LogP contribution in [-0.4, -0.2) is 25.4 Å². The van der Waals surface area contributed by atoms with Crippen LogP contribution in [0, 0.1) is 0 Å². The maximum absolute atomic E-state index is 3.57. The highest BCUT2D eigenvalue weighted by atomic mass is 32.2. The molecule has 0 spiro atoms. The molecule has 1 saturated heterocycles. The molecule has 2 nitrogen and oxygen atoms in total. The van der Waals surface area contributed by atoms with Gasteiger partial charge in [0.15, 0.2) is 0 Å². The summed E-state index contributed by atoms with van der Waals surface area (Å²) in [5.74, 6) is 1.29. The summed E-state index contributed by atoms with van der Waals surface area (Å²) in [7, 11) is 0. The standard InChI is InChI=1S/C13H18N2S/c1-2-11-8-10(3-4-13(11)16-7-1)12-9-14-5-6-15-12/h3-4,8,12,14-15H,1-2,5-7,9H2. The van der Waals surface area contributed by atoms with Crippen LogP contribution < -0.4 is 10.6 Å². The first kappa shape index (κ1) is 10.6. The van der Waals surface area contributed by atoms with Crippen LogP contribution in [0.1, 0.15) is 23.6 Å². The van der Waals surface area contributed by atoms with Crippen molar-refractivity contribution in [1.29, 1.82) is 0 Å². The Bertz CT molecular complexity index is 372. The largest absolute Gasteiger partial charge is 0.314 e. The Hall–Kier alpha value is -0.510. The topological polar surface area (TPSA) is 24.1 Å². The van der Waals surface area contributed by atoms with E-state index in [0.29, 0.717) is 6.04 Å². The predicted molar refractivity (Wildman–Crippen MR) is 69.1 cm³/mol. The van der Waals surface area contributed by atoms with Crippen LogP contribution in [0.15, 0.2) is 23.1 Å². The highest BCUT2D eigenvalue weighted by Crippen LogP contribution is 2.31. The highest BCUT2D eigenvalue weighted by Gasteiger charge is 2.16. The summed E-state index contributed by atoms with van der Waals surface area (Å²) < 4.78 is 0. The summed E-state index contributed by atoms with van der Waals surface area (Å²) >= 11 is 2.01. The Morgan fingerprint density at radius 1 is 1.25 bits per heavy atom. The van der Waals surface area contributed by atoms with E-state index in [0.717, 1.165) is 19.6 Å². The van der Waals surface area contributed by atoms with Crippen LogP contribution in [0.5, 0.6) is 0 Å². The molecule has 2 N–H and O–H groups in total. The van der Waals surface area contributed by atoms with E-state index in [1.165, 1.54) is 29.1 Å². The van der Waals surface area contributed by atoms with Crippen LogP contribution in [0.4, 0.5) is 0 Å². The van der Waals surface area contributed by atoms with Gasteiger partial charge in [0.1, 0.15) is 0 Å². The minimum Gasteiger partial charge on any atom is -0.314 e. The lowest BCUT2D eigenvalue weighted by Crippen LogP contribution is -2.42. The van der Waals surface area contributed by atoms with Gasteiger partial charge >= 0.3 is 0 Å². The molecule has 1 aromatic rings. The molecule has 1 unspecified atom stereocenters. The van der Waals surface area contributed by atoms with Crippen LogP contribution in [0.2, 0.25) is 0 Å². The average molecular weight is 234 g/mol. The molecule has 1 atom stereocenters. The third-order valence-corrected chi connectivity index (χ3v) is 4.58. The zero-order chi connectivity index (χ0) is 10.8. The van der Waals surface area contributed by atoms with Gasteiger partial charge in [0.05, 0.1) is 0 Å². The van der Waals surface area contributed by atoms with Gasteiger partial charge in [-0.2, -0.15) is 0 Å². The second-order valence-corrected chi connectivity index (χ2v) is 5.67. The van der Waals surface area contributed by atoms with E-state index in [1.807, 2.05) is 11.8 Å². The van der Waals surface area contributed by atoms with Gasteiger partial charge in [0, 0.05) is 30.6 Å². The molecule has 2 aliphatic rings. The van der Waals surface area contributed by atoms with Gasteiger partial charge in [-0.3, -0.25) is 0 Å². The number of piperazine rings is 1. The number of thioether (sulfide) groups is 1. The van der Waals surface area contributed by atoms with Crippen molar-refractivity contribution in [3.05, 3.63) is 29.3 Å². The predicted octanol–water partition coefficient (Wildman–Crippen LogP) is 1.96. The average Bonchev–Trinajstić information content (AvgIpc) is 2.39. The minimum absolute atomic E-state index is 0.506. The maximum atomic E-state index is 3.57. The summed E-state index contributed by atoms with van der Waals surface area (Å²) in [4.78, 5) is 1.50. The first-order valence-corrected chi connectivity index (χ1v) is 7.12. The quantitative estimate of drug-likeness (QED) is 0.777. The Morgan fingerprint density at radius 3 is 3.12 bits per heavy atom. The monoisotopic (exact) mass is 234 g/mol. The van der Waals surface area contributed by atoms with Gasteiger partial charge < -0.3 is 10.6 Å². The van der Waals surface area contributed by atoms with Crippen LogP contribution in [0.25, 0.3) is 0 Å². The van der Waals surface area contributed by atoms with Crippen molar-refractivity contribution < 1.29 is 0 Å². The fraction of sp³-hybridized carbons (Fsp3) is 0.538. The fourth-order valence-corrected chi connectivity index (χ4v) is 3.51. The number of hydrogen-bond donors (Lipinski definition) is 2. The zero-order valence-electron chi connectivity index (χ0n) is 9.46. The number of fused-ring (bicyclic) bond motifs is 1. The molecule has 0 aromatic heterocycles. The van der Waals surface area contributed by atoms with Crippen molar-refractivity contribution in [3.8, 4) is 0 Å². The first-order chi connectivity index (χ1) is 7.93. The summed E-state index contributed by atoms with van der Waals surface area (Å²) in [6, 6.07) is 7.52. The van der Waals surface area contributed by atoms with E-state index in [9.17, 15) is 0 Å². The van der Waals surface area contributed by atoms with E-state index in [4.69, 9.17) is 0 Å². The number of benzene rings is 1. The number of aryl methyl sites for hydroxylation is 1. The number of nitrogens with one attached hydrogen (secondary N) is 2. The molecule has 3 rings (SSSR count). The smallest absolute Gasteiger partial charge is 0.0447 e. The van der Waals surface area contributed by atoms with Gasteiger partial charge in [-0.25, -0.2) is 0 Å². The number of hydrogen-bond acceptors (Lipinski definition) is 3. The van der Waals surface area contributed by atoms with E-state index in [2.05, 4.69) is 28.8 Å². The summed E-state index contributed by atoms with van der Waals surface area (Å²) in [6.07, 6.45) is 2.59. The Labute approximate surface area is 101 Å². The molecule has 1 aromatic carbocycles. The third-order valence-electron chi connectivity index (χ3n) is 3.38. The third kappa shape index (κ3) is 2.12. The molecule has 0 bridgehead atoms. The van der Waals surface area contributed by atoms with E-state index < -0.39 is 0 Å². The highest BCUT2D eigenvalue weighted by molar-refractivity contribution is 7.99. The van der Waals surface area contributed by atoms with Crippen LogP contribution in [0.3, 0.4) is 0 Å². The Morgan fingerprint density at radius 2 is 2.25 bits per heavy atom. The van der Waals surface area contributed by atoms with Crippen molar-refractivity contribution in [3.63, 3.8) is 0 Å². The summed E-state index contributed by atoms with van der Waals surface area (Å²) in [5, 5.41) is 7.02. The molecule has 16 heavy (non-hydrogen) atoms. The summed E-state index contributed by atoms with van der Waals surface area (Å²) in [5.41, 5.74) is 3.01. The Kier molecular flexibility index (Phi) is 3.18. The molecule has 0 saturated carbocycles. The lowest BCUT2D eigenvalue weighted by atomic mass is 10.0. The normalized spacial score (nSPS) is 25.1. The van der Waals surface area contributed by atoms with Gasteiger partial charge in [0.25, 0.3) is 0 Å². The van der Waals surface area contributed by atoms with Gasteiger partial charge in [-0.15, -0.1) is 11.8 Å². The molecule has 0 amide bonds. The molecule has 1 fully saturated rings.